The SMILES string of the molecule is CCS(=O)(=O)Nc1cnc(N2CCN(c3cccc(C)c3)C(C)C2)c(C(=O)O)c1. The molecule has 0 radical (unpaired) electrons. The van der Waals surface area contributed by atoms with Gasteiger partial charge in [0, 0.05) is 31.4 Å². The molecular formula is C20H26N4O4S. The summed E-state index contributed by atoms with van der Waals surface area (Å²) in [5, 5.41) is 9.65. The minimum atomic E-state index is -3.51. The summed E-state index contributed by atoms with van der Waals surface area (Å²) in [6.45, 7) is 7.63. The van der Waals surface area contributed by atoms with Gasteiger partial charge in [-0.1, -0.05) is 12.1 Å². The summed E-state index contributed by atoms with van der Waals surface area (Å²) in [5.41, 5.74) is 2.47. The van der Waals surface area contributed by atoms with Crippen molar-refractivity contribution in [1.29, 1.82) is 0 Å². The number of hydrogen-bond donors (Lipinski definition) is 2. The fourth-order valence-electron chi connectivity index (χ4n) is 3.51. The first kappa shape index (κ1) is 20.9. The van der Waals surface area contributed by atoms with Crippen LogP contribution in [0.5, 0.6) is 0 Å². The molecule has 2 N–H and O–H groups in total. The minimum Gasteiger partial charge on any atom is -0.478 e. The maximum absolute atomic E-state index is 11.8. The van der Waals surface area contributed by atoms with E-state index in [2.05, 4.69) is 46.7 Å². The summed E-state index contributed by atoms with van der Waals surface area (Å²) in [4.78, 5) is 20.3. The number of aromatic nitrogens is 1. The molecule has 0 spiro atoms. The highest BCUT2D eigenvalue weighted by Crippen LogP contribution is 2.27. The molecule has 156 valence electrons. The largest absolute Gasteiger partial charge is 0.478 e. The van der Waals surface area contributed by atoms with Gasteiger partial charge in [-0.2, -0.15) is 0 Å². The molecule has 1 fully saturated rings. The second-order valence-corrected chi connectivity index (χ2v) is 9.24. The van der Waals surface area contributed by atoms with Gasteiger partial charge in [-0.25, -0.2) is 18.2 Å². The molecule has 0 saturated carbocycles. The van der Waals surface area contributed by atoms with Crippen molar-refractivity contribution in [2.24, 2.45) is 0 Å². The number of pyridine rings is 1. The molecule has 3 rings (SSSR count). The zero-order valence-electron chi connectivity index (χ0n) is 16.8. The third kappa shape index (κ3) is 4.79. The number of carboxylic acid groups (broad SMARTS) is 1. The standard InChI is InChI=1S/C20H26N4O4S/c1-4-29(27,28)22-16-11-18(20(25)26)19(21-12-16)23-8-9-24(15(3)13-23)17-7-5-6-14(2)10-17/h5-7,10-12,15,22H,4,8-9,13H2,1-3H3,(H,25,26). The molecule has 8 nitrogen and oxygen atoms in total. The summed E-state index contributed by atoms with van der Waals surface area (Å²) in [7, 11) is -3.51. The first-order valence-electron chi connectivity index (χ1n) is 9.52. The van der Waals surface area contributed by atoms with Gasteiger partial charge in [0.1, 0.15) is 11.4 Å². The lowest BCUT2D eigenvalue weighted by Gasteiger charge is -2.42. The maximum atomic E-state index is 11.8. The van der Waals surface area contributed by atoms with Gasteiger partial charge in [0.15, 0.2) is 0 Å². The van der Waals surface area contributed by atoms with Crippen LogP contribution in [0.4, 0.5) is 17.2 Å². The van der Waals surface area contributed by atoms with Gasteiger partial charge in [0.05, 0.1) is 17.6 Å². The van der Waals surface area contributed by atoms with Crippen LogP contribution in [-0.2, 0) is 10.0 Å². The van der Waals surface area contributed by atoms with E-state index in [1.165, 1.54) is 24.8 Å². The molecule has 29 heavy (non-hydrogen) atoms. The number of aromatic carboxylic acids is 1. The number of anilines is 3. The molecule has 1 unspecified atom stereocenters. The molecule has 1 aliphatic rings. The number of benzene rings is 1. The molecule has 0 amide bonds. The van der Waals surface area contributed by atoms with Crippen molar-refractivity contribution in [3.05, 3.63) is 47.7 Å². The third-order valence-electron chi connectivity index (χ3n) is 5.01. The third-order valence-corrected chi connectivity index (χ3v) is 6.32. The number of carbonyl (C=O) groups is 1. The Morgan fingerprint density at radius 1 is 1.31 bits per heavy atom. The summed E-state index contributed by atoms with van der Waals surface area (Å²) < 4.78 is 25.9. The highest BCUT2D eigenvalue weighted by molar-refractivity contribution is 7.92. The zero-order chi connectivity index (χ0) is 21.2. The number of nitrogens with zero attached hydrogens (tertiary/aromatic N) is 3. The van der Waals surface area contributed by atoms with Crippen molar-refractivity contribution in [3.8, 4) is 0 Å². The molecule has 9 heteroatoms. The average Bonchev–Trinajstić information content (AvgIpc) is 2.67. The van der Waals surface area contributed by atoms with Crippen molar-refractivity contribution in [1.82, 2.24) is 4.98 Å². The van der Waals surface area contributed by atoms with E-state index < -0.39 is 16.0 Å². The van der Waals surface area contributed by atoms with Crippen LogP contribution < -0.4 is 14.5 Å². The minimum absolute atomic E-state index is 0.0162. The number of piperazine rings is 1. The Kier molecular flexibility index (Phi) is 5.97. The zero-order valence-corrected chi connectivity index (χ0v) is 17.6. The first-order valence-corrected chi connectivity index (χ1v) is 11.2. The van der Waals surface area contributed by atoms with Gasteiger partial charge in [-0.05, 0) is 44.5 Å². The van der Waals surface area contributed by atoms with Crippen LogP contribution >= 0.6 is 0 Å². The van der Waals surface area contributed by atoms with Crippen LogP contribution in [0.15, 0.2) is 36.5 Å². The number of sulfonamides is 1. The monoisotopic (exact) mass is 418 g/mol. The fraction of sp³-hybridized carbons (Fsp3) is 0.400. The normalized spacial score (nSPS) is 17.3. The lowest BCUT2D eigenvalue weighted by atomic mass is 10.1. The van der Waals surface area contributed by atoms with Crippen LogP contribution in [0.1, 0.15) is 29.8 Å². The fourth-order valence-corrected chi connectivity index (χ4v) is 4.13. The number of carboxylic acids is 1. The van der Waals surface area contributed by atoms with Gasteiger partial charge in [-0.3, -0.25) is 4.72 Å². The quantitative estimate of drug-likeness (QED) is 0.743. The highest BCUT2D eigenvalue weighted by atomic mass is 32.2. The predicted octanol–water partition coefficient (Wildman–Crippen LogP) is 2.56. The molecule has 1 atom stereocenters. The predicted molar refractivity (Wildman–Crippen MR) is 114 cm³/mol. The van der Waals surface area contributed by atoms with Crippen LogP contribution in [0, 0.1) is 6.92 Å². The van der Waals surface area contributed by atoms with E-state index in [1.807, 2.05) is 11.0 Å². The van der Waals surface area contributed by atoms with E-state index >= 15 is 0 Å². The van der Waals surface area contributed by atoms with Crippen molar-refractivity contribution in [2.75, 3.05) is 39.9 Å². The van der Waals surface area contributed by atoms with Gasteiger partial charge in [0.2, 0.25) is 10.0 Å². The molecule has 1 aromatic carbocycles. The van der Waals surface area contributed by atoms with Gasteiger partial charge in [-0.15, -0.1) is 0 Å². The van der Waals surface area contributed by atoms with Crippen molar-refractivity contribution >= 4 is 33.2 Å². The summed E-state index contributed by atoms with van der Waals surface area (Å²) in [6, 6.07) is 9.80. The number of rotatable bonds is 6. The van der Waals surface area contributed by atoms with Crippen molar-refractivity contribution in [2.45, 2.75) is 26.8 Å². The average molecular weight is 419 g/mol. The van der Waals surface area contributed by atoms with Crippen LogP contribution in [0.25, 0.3) is 0 Å². The van der Waals surface area contributed by atoms with Crippen molar-refractivity contribution < 1.29 is 18.3 Å². The molecule has 0 bridgehead atoms. The Morgan fingerprint density at radius 3 is 2.69 bits per heavy atom. The van der Waals surface area contributed by atoms with Crippen LogP contribution in [-0.4, -0.2) is 55.9 Å². The van der Waals surface area contributed by atoms with Crippen LogP contribution in [0.3, 0.4) is 0 Å². The van der Waals surface area contributed by atoms with Crippen molar-refractivity contribution in [3.63, 3.8) is 0 Å². The number of nitrogens with one attached hydrogen (secondary N) is 1. The Morgan fingerprint density at radius 2 is 2.07 bits per heavy atom. The molecule has 0 aliphatic carbocycles. The highest BCUT2D eigenvalue weighted by Gasteiger charge is 2.28. The number of aryl methyl sites for hydroxylation is 1. The number of hydrogen-bond acceptors (Lipinski definition) is 6. The Hall–Kier alpha value is -2.81. The second-order valence-electron chi connectivity index (χ2n) is 7.23. The topological polar surface area (TPSA) is 103 Å². The molecule has 1 saturated heterocycles. The van der Waals surface area contributed by atoms with E-state index in [-0.39, 0.29) is 23.0 Å². The second kappa shape index (κ2) is 8.28. The molecule has 2 heterocycles. The summed E-state index contributed by atoms with van der Waals surface area (Å²) in [5.74, 6) is -0.887. The molecule has 2 aromatic rings. The first-order chi connectivity index (χ1) is 13.7. The van der Waals surface area contributed by atoms with E-state index in [4.69, 9.17) is 0 Å². The summed E-state index contributed by atoms with van der Waals surface area (Å²) >= 11 is 0. The van der Waals surface area contributed by atoms with Gasteiger partial charge < -0.3 is 14.9 Å². The summed E-state index contributed by atoms with van der Waals surface area (Å²) in [6.07, 6.45) is 1.37. The Bertz CT molecular complexity index is 1010. The lowest BCUT2D eigenvalue weighted by Crippen LogP contribution is -2.52. The Balaban J connectivity index is 1.83. The van der Waals surface area contributed by atoms with Crippen LogP contribution in [0.2, 0.25) is 0 Å². The Labute approximate surface area is 171 Å². The van der Waals surface area contributed by atoms with Gasteiger partial charge >= 0.3 is 5.97 Å². The maximum Gasteiger partial charge on any atom is 0.339 e. The molecule has 1 aliphatic heterocycles. The molecular weight excluding hydrogens is 392 g/mol. The van der Waals surface area contributed by atoms with E-state index in [9.17, 15) is 18.3 Å². The lowest BCUT2D eigenvalue weighted by molar-refractivity contribution is 0.0697. The van der Waals surface area contributed by atoms with Gasteiger partial charge in [0.25, 0.3) is 0 Å². The van der Waals surface area contributed by atoms with E-state index in [1.54, 1.807) is 0 Å². The van der Waals surface area contributed by atoms with E-state index in [0.717, 1.165) is 12.2 Å². The van der Waals surface area contributed by atoms with E-state index in [0.29, 0.717) is 18.9 Å². The smallest absolute Gasteiger partial charge is 0.339 e. The molecule has 1 aromatic heterocycles.